The van der Waals surface area contributed by atoms with E-state index in [0.29, 0.717) is 10.8 Å². The van der Waals surface area contributed by atoms with Crippen molar-refractivity contribution in [3.63, 3.8) is 0 Å². The van der Waals surface area contributed by atoms with Crippen LogP contribution in [0.2, 0.25) is 0 Å². The maximum atomic E-state index is 11.5. The van der Waals surface area contributed by atoms with Gasteiger partial charge in [0, 0.05) is 41.3 Å². The molecule has 0 aliphatic carbocycles. The van der Waals surface area contributed by atoms with Crippen LogP contribution in [0, 0.1) is 55.4 Å². The molecule has 0 bridgehead atoms. The molecule has 12 heteroatoms. The Kier molecular flexibility index (Phi) is 11.0. The van der Waals surface area contributed by atoms with Gasteiger partial charge in [0.1, 0.15) is 0 Å². The summed E-state index contributed by atoms with van der Waals surface area (Å²) in [6, 6.07) is 11.4. The summed E-state index contributed by atoms with van der Waals surface area (Å²) in [4.78, 5) is 66.2. The van der Waals surface area contributed by atoms with Crippen molar-refractivity contribution in [2.24, 2.45) is 0 Å². The topological polar surface area (TPSA) is 183 Å². The smallest absolute Gasteiger partial charge is 0.272 e. The molecule has 52 heavy (non-hydrogen) atoms. The third-order valence-electron chi connectivity index (χ3n) is 9.32. The third kappa shape index (κ3) is 7.60. The van der Waals surface area contributed by atoms with Gasteiger partial charge in [-0.1, -0.05) is 18.2 Å². The largest absolute Gasteiger partial charge is 0.329 e. The first-order chi connectivity index (χ1) is 24.8. The summed E-state index contributed by atoms with van der Waals surface area (Å²) in [5, 5.41) is 10.9. The summed E-state index contributed by atoms with van der Waals surface area (Å²) >= 11 is 0. The highest BCUT2D eigenvalue weighted by Crippen LogP contribution is 2.18. The molecule has 0 spiro atoms. The van der Waals surface area contributed by atoms with Crippen LogP contribution in [0.25, 0.3) is 43.4 Å². The molecule has 0 aliphatic rings. The first kappa shape index (κ1) is 36.7. The molecule has 0 atom stereocenters. The lowest BCUT2D eigenvalue weighted by molar-refractivity contribution is 1.01. The molecule has 0 unspecified atom stereocenters. The van der Waals surface area contributed by atoms with Crippen molar-refractivity contribution in [3.05, 3.63) is 160 Å². The maximum absolute atomic E-state index is 11.5. The van der Waals surface area contributed by atoms with Gasteiger partial charge in [0.2, 0.25) is 0 Å². The van der Waals surface area contributed by atoms with Gasteiger partial charge in [0.15, 0.2) is 0 Å². The molecule has 0 radical (unpaired) electrons. The van der Waals surface area contributed by atoms with Crippen LogP contribution in [-0.2, 0) is 0 Å². The van der Waals surface area contributed by atoms with E-state index in [0.717, 1.165) is 77.2 Å². The Morgan fingerprint density at radius 2 is 0.981 bits per heavy atom. The lowest BCUT2D eigenvalue weighted by Gasteiger charge is -2.02. The van der Waals surface area contributed by atoms with Crippen LogP contribution in [-0.4, -0.2) is 40.1 Å². The van der Waals surface area contributed by atoms with Crippen molar-refractivity contribution in [3.8, 4) is 0 Å². The average Bonchev–Trinajstić information content (AvgIpc) is 3.12. The molecular formula is C40H40N8O4. The summed E-state index contributed by atoms with van der Waals surface area (Å²) in [6.07, 6.45) is 9.88. The van der Waals surface area contributed by atoms with E-state index in [1.165, 1.54) is 6.33 Å². The van der Waals surface area contributed by atoms with E-state index in [1.54, 1.807) is 31.0 Å². The highest BCUT2D eigenvalue weighted by atomic mass is 16.1. The molecule has 264 valence electrons. The predicted molar refractivity (Wildman–Crippen MR) is 207 cm³/mol. The zero-order valence-corrected chi connectivity index (χ0v) is 30.4. The Balaban J connectivity index is 0.000000134. The van der Waals surface area contributed by atoms with Crippen molar-refractivity contribution in [2.75, 3.05) is 0 Å². The summed E-state index contributed by atoms with van der Waals surface area (Å²) in [5.74, 6) is 0. The number of aryl methyl sites for hydroxylation is 8. The van der Waals surface area contributed by atoms with Gasteiger partial charge in [-0.3, -0.25) is 29.1 Å². The number of nitrogens with one attached hydrogen (secondary N) is 4. The number of benzene rings is 2. The standard InChI is InChI=1S/4C10H10N2O/c1-6-7(2)12-5-8-3-4-11-10(13)9(6)8;1-6-5-12-8-3-4-11-10(13)9(8)7(6)2;1-6-3-4-8-9(7(6)2)10(13)12-5-11-8;1-6-3-4-8-5-11-12-10(13)9(8)7(6)2/h2*3-5H,1-2H3,(H,11,13);3-5H,1-2H3,(H,11,12,13);3-5H,1-2H3,(H,12,13). The number of nitrogens with zero attached hydrogens (tertiary/aromatic N) is 4. The van der Waals surface area contributed by atoms with Crippen LogP contribution in [0.5, 0.6) is 0 Å². The molecule has 0 amide bonds. The normalized spacial score (nSPS) is 10.6. The lowest BCUT2D eigenvalue weighted by atomic mass is 10.0. The van der Waals surface area contributed by atoms with E-state index in [9.17, 15) is 19.2 Å². The highest BCUT2D eigenvalue weighted by Gasteiger charge is 2.07. The first-order valence-corrected chi connectivity index (χ1v) is 16.5. The highest BCUT2D eigenvalue weighted by molar-refractivity contribution is 5.85. The van der Waals surface area contributed by atoms with Gasteiger partial charge in [0.25, 0.3) is 22.2 Å². The van der Waals surface area contributed by atoms with E-state index in [2.05, 4.69) is 40.1 Å². The van der Waals surface area contributed by atoms with E-state index >= 15 is 0 Å². The fourth-order valence-electron chi connectivity index (χ4n) is 5.72. The van der Waals surface area contributed by atoms with Gasteiger partial charge in [-0.2, -0.15) is 5.10 Å². The number of aromatic nitrogens is 8. The number of hydrogen-bond donors (Lipinski definition) is 4. The van der Waals surface area contributed by atoms with Gasteiger partial charge in [-0.25, -0.2) is 10.1 Å². The summed E-state index contributed by atoms with van der Waals surface area (Å²) in [7, 11) is 0. The van der Waals surface area contributed by atoms with Crippen LogP contribution in [0.4, 0.5) is 0 Å². The zero-order valence-electron chi connectivity index (χ0n) is 30.4. The monoisotopic (exact) mass is 696 g/mol. The van der Waals surface area contributed by atoms with Gasteiger partial charge in [0.05, 0.1) is 45.1 Å². The molecule has 6 heterocycles. The van der Waals surface area contributed by atoms with E-state index < -0.39 is 0 Å². The van der Waals surface area contributed by atoms with Crippen LogP contribution in [0.15, 0.2) is 92.9 Å². The number of hydrogen-bond acceptors (Lipinski definition) is 8. The molecule has 0 saturated heterocycles. The summed E-state index contributed by atoms with van der Waals surface area (Å²) in [5.41, 5.74) is 9.43. The molecule has 8 aromatic rings. The maximum Gasteiger partial charge on any atom is 0.272 e. The van der Waals surface area contributed by atoms with Crippen molar-refractivity contribution in [1.82, 2.24) is 40.1 Å². The second kappa shape index (κ2) is 15.5. The number of rotatable bonds is 0. The van der Waals surface area contributed by atoms with Crippen molar-refractivity contribution in [1.29, 1.82) is 0 Å². The first-order valence-electron chi connectivity index (χ1n) is 16.5. The van der Waals surface area contributed by atoms with E-state index in [1.807, 2.05) is 91.8 Å². The molecule has 0 aliphatic heterocycles. The van der Waals surface area contributed by atoms with Crippen LogP contribution in [0.3, 0.4) is 0 Å². The lowest BCUT2D eigenvalue weighted by Crippen LogP contribution is -2.09. The molecule has 8 rings (SSSR count). The van der Waals surface area contributed by atoms with Crippen LogP contribution >= 0.6 is 0 Å². The molecule has 2 aromatic carbocycles. The fraction of sp³-hybridized carbons (Fsp3) is 0.200. The minimum Gasteiger partial charge on any atom is -0.329 e. The Morgan fingerprint density at radius 3 is 1.69 bits per heavy atom. The molecule has 0 saturated carbocycles. The van der Waals surface area contributed by atoms with E-state index in [4.69, 9.17) is 0 Å². The number of H-pyrrole nitrogens is 4. The predicted octanol–water partition coefficient (Wildman–Crippen LogP) is 6.16. The van der Waals surface area contributed by atoms with Gasteiger partial charge in [-0.15, -0.1) is 0 Å². The van der Waals surface area contributed by atoms with Gasteiger partial charge in [-0.05, 0) is 113 Å². The molecular weight excluding hydrogens is 656 g/mol. The quantitative estimate of drug-likeness (QED) is 0.145. The second-order valence-corrected chi connectivity index (χ2v) is 12.5. The molecule has 12 nitrogen and oxygen atoms in total. The van der Waals surface area contributed by atoms with Crippen molar-refractivity contribution >= 4 is 43.4 Å². The fourth-order valence-corrected chi connectivity index (χ4v) is 5.72. The van der Waals surface area contributed by atoms with Crippen LogP contribution < -0.4 is 22.2 Å². The molecule has 0 fully saturated rings. The van der Waals surface area contributed by atoms with Gasteiger partial charge >= 0.3 is 0 Å². The number of fused-ring (bicyclic) bond motifs is 4. The Labute approximate surface area is 298 Å². The number of aromatic amines is 4. The third-order valence-corrected chi connectivity index (χ3v) is 9.32. The SMILES string of the molecule is Cc1ccc2cn[nH]c(=O)c2c1C.Cc1ccc2nc[nH]c(=O)c2c1C.Cc1cnc2cc[nH]c(=O)c2c1C.Cc1ncc2cc[nH]c(=O)c2c1C. The Morgan fingerprint density at radius 1 is 0.442 bits per heavy atom. The zero-order chi connectivity index (χ0) is 37.7. The second-order valence-electron chi connectivity index (χ2n) is 12.5. The molecule has 4 N–H and O–H groups in total. The minimum absolute atomic E-state index is 0.0412. The average molecular weight is 697 g/mol. The Hall–Kier alpha value is -6.56. The summed E-state index contributed by atoms with van der Waals surface area (Å²) in [6.45, 7) is 15.6. The number of pyridine rings is 4. The summed E-state index contributed by atoms with van der Waals surface area (Å²) < 4.78 is 0. The Bertz CT molecular complexity index is 2440. The molecule has 6 aromatic heterocycles. The van der Waals surface area contributed by atoms with Crippen molar-refractivity contribution < 1.29 is 0 Å². The van der Waals surface area contributed by atoms with Crippen LogP contribution in [0.1, 0.15) is 44.6 Å². The van der Waals surface area contributed by atoms with Gasteiger partial charge < -0.3 is 15.0 Å². The minimum atomic E-state index is -0.112. The van der Waals surface area contributed by atoms with E-state index in [-0.39, 0.29) is 22.2 Å². The van der Waals surface area contributed by atoms with Crippen molar-refractivity contribution in [2.45, 2.75) is 55.4 Å².